The number of anilines is 2. The van der Waals surface area contributed by atoms with Crippen molar-refractivity contribution in [3.8, 4) is 10.6 Å². The normalized spacial score (nSPS) is 14.3. The van der Waals surface area contributed by atoms with Crippen molar-refractivity contribution in [1.29, 1.82) is 0 Å². The van der Waals surface area contributed by atoms with Crippen LogP contribution in [0.5, 0.6) is 0 Å². The fourth-order valence-electron chi connectivity index (χ4n) is 3.08. The van der Waals surface area contributed by atoms with Gasteiger partial charge in [0.2, 0.25) is 0 Å². The van der Waals surface area contributed by atoms with Gasteiger partial charge in [0.05, 0.1) is 37.0 Å². The van der Waals surface area contributed by atoms with Crippen molar-refractivity contribution in [3.63, 3.8) is 0 Å². The Morgan fingerprint density at radius 2 is 2.04 bits per heavy atom. The Kier molecular flexibility index (Phi) is 5.10. The smallest absolute Gasteiger partial charge is 0.270 e. The van der Waals surface area contributed by atoms with Crippen molar-refractivity contribution in [3.05, 3.63) is 41.3 Å². The van der Waals surface area contributed by atoms with Gasteiger partial charge >= 0.3 is 0 Å². The fraction of sp³-hybridized carbons (Fsp3) is 0.368. The lowest BCUT2D eigenvalue weighted by Crippen LogP contribution is -2.36. The number of pyridine rings is 1. The molecule has 0 atom stereocenters. The first-order chi connectivity index (χ1) is 13.5. The summed E-state index contributed by atoms with van der Waals surface area (Å²) in [5, 5.41) is 4.97. The summed E-state index contributed by atoms with van der Waals surface area (Å²) < 4.78 is 7.10. The first kappa shape index (κ1) is 18.6. The molecule has 0 aliphatic carbocycles. The van der Waals surface area contributed by atoms with Gasteiger partial charge < -0.3 is 14.5 Å². The maximum atomic E-state index is 13.0. The lowest BCUT2D eigenvalue weighted by molar-refractivity contribution is 0.0996. The molecule has 1 amide bonds. The lowest BCUT2D eigenvalue weighted by atomic mass is 10.3. The van der Waals surface area contributed by atoms with Crippen LogP contribution in [0.3, 0.4) is 0 Å². The Morgan fingerprint density at radius 3 is 2.68 bits per heavy atom. The highest BCUT2D eigenvalue weighted by Crippen LogP contribution is 2.29. The van der Waals surface area contributed by atoms with E-state index in [1.165, 1.54) is 11.3 Å². The van der Waals surface area contributed by atoms with Gasteiger partial charge in [-0.15, -0.1) is 11.3 Å². The van der Waals surface area contributed by atoms with Crippen molar-refractivity contribution < 1.29 is 9.53 Å². The van der Waals surface area contributed by atoms with E-state index in [4.69, 9.17) is 4.74 Å². The third-order valence-electron chi connectivity index (χ3n) is 4.70. The van der Waals surface area contributed by atoms with Gasteiger partial charge in [0.25, 0.3) is 5.91 Å². The van der Waals surface area contributed by atoms with Crippen LogP contribution in [0, 0.1) is 6.92 Å². The van der Waals surface area contributed by atoms with E-state index >= 15 is 0 Å². The highest BCUT2D eigenvalue weighted by atomic mass is 32.1. The Bertz CT molecular complexity index is 975. The molecule has 0 bridgehead atoms. The number of aryl methyl sites for hydroxylation is 2. The third kappa shape index (κ3) is 3.63. The Labute approximate surface area is 167 Å². The van der Waals surface area contributed by atoms with Crippen LogP contribution < -0.4 is 9.80 Å². The average molecular weight is 398 g/mol. The molecule has 1 fully saturated rings. The third-order valence-corrected chi connectivity index (χ3v) is 5.90. The van der Waals surface area contributed by atoms with Gasteiger partial charge in [0, 0.05) is 38.9 Å². The van der Waals surface area contributed by atoms with E-state index in [9.17, 15) is 4.79 Å². The predicted octanol–water partition coefficient (Wildman–Crippen LogP) is 2.36. The van der Waals surface area contributed by atoms with E-state index in [1.54, 1.807) is 29.0 Å². The molecule has 146 valence electrons. The second kappa shape index (κ2) is 7.69. The molecule has 0 N–H and O–H groups in total. The molecule has 9 heteroatoms. The van der Waals surface area contributed by atoms with Crippen LogP contribution in [0.4, 0.5) is 11.5 Å². The zero-order valence-corrected chi connectivity index (χ0v) is 16.9. The Morgan fingerprint density at radius 1 is 1.25 bits per heavy atom. The number of hydrogen-bond acceptors (Lipinski definition) is 7. The van der Waals surface area contributed by atoms with Gasteiger partial charge in [0.1, 0.15) is 15.7 Å². The van der Waals surface area contributed by atoms with Crippen LogP contribution in [0.25, 0.3) is 10.6 Å². The minimum absolute atomic E-state index is 0.0916. The largest absolute Gasteiger partial charge is 0.378 e. The molecule has 0 spiro atoms. The predicted molar refractivity (Wildman–Crippen MR) is 109 cm³/mol. The van der Waals surface area contributed by atoms with E-state index < -0.39 is 0 Å². The molecule has 0 unspecified atom stereocenters. The molecule has 4 rings (SSSR count). The summed E-state index contributed by atoms with van der Waals surface area (Å²) in [5.41, 5.74) is 2.38. The minimum atomic E-state index is -0.0916. The van der Waals surface area contributed by atoms with Crippen LogP contribution >= 0.6 is 11.3 Å². The first-order valence-electron chi connectivity index (χ1n) is 9.06. The van der Waals surface area contributed by atoms with E-state index in [-0.39, 0.29) is 5.91 Å². The van der Waals surface area contributed by atoms with E-state index in [0.29, 0.717) is 18.1 Å². The van der Waals surface area contributed by atoms with Crippen LogP contribution in [-0.4, -0.2) is 59.0 Å². The van der Waals surface area contributed by atoms with Crippen LogP contribution in [0.15, 0.2) is 30.7 Å². The van der Waals surface area contributed by atoms with Gasteiger partial charge in [-0.05, 0) is 19.1 Å². The summed E-state index contributed by atoms with van der Waals surface area (Å²) in [7, 11) is 3.62. The standard InChI is InChI=1S/C19H22N6O2S/c1-13-17(28-18(22-13)14-10-21-23(2)12-14)19(26)24(3)15-4-5-16(20-11-15)25-6-8-27-9-7-25/h4-5,10-12H,6-9H2,1-3H3. The Hall–Kier alpha value is -2.78. The van der Waals surface area contributed by atoms with Gasteiger partial charge in [-0.2, -0.15) is 5.10 Å². The summed E-state index contributed by atoms with van der Waals surface area (Å²) in [6, 6.07) is 3.87. The highest BCUT2D eigenvalue weighted by molar-refractivity contribution is 7.17. The number of ether oxygens (including phenoxy) is 1. The summed E-state index contributed by atoms with van der Waals surface area (Å²) in [6.45, 7) is 4.95. The molecule has 0 aromatic carbocycles. The number of carbonyl (C=O) groups excluding carboxylic acids is 1. The molecule has 1 aliphatic heterocycles. The van der Waals surface area contributed by atoms with Gasteiger partial charge in [0.15, 0.2) is 0 Å². The molecule has 1 aliphatic rings. The molecule has 8 nitrogen and oxygen atoms in total. The van der Waals surface area contributed by atoms with Crippen molar-refractivity contribution >= 4 is 28.7 Å². The number of morpholine rings is 1. The molecule has 0 saturated carbocycles. The summed E-state index contributed by atoms with van der Waals surface area (Å²) >= 11 is 1.38. The number of carbonyl (C=O) groups is 1. The number of amides is 1. The molecule has 4 heterocycles. The monoisotopic (exact) mass is 398 g/mol. The molecule has 3 aromatic rings. The van der Waals surface area contributed by atoms with E-state index in [1.807, 2.05) is 32.3 Å². The summed E-state index contributed by atoms with van der Waals surface area (Å²) in [6.07, 6.45) is 5.39. The molecule has 0 radical (unpaired) electrons. The number of rotatable bonds is 4. The molecule has 28 heavy (non-hydrogen) atoms. The average Bonchev–Trinajstić information content (AvgIpc) is 3.33. The molecular weight excluding hydrogens is 376 g/mol. The van der Waals surface area contributed by atoms with Crippen LogP contribution in [0.1, 0.15) is 15.4 Å². The van der Waals surface area contributed by atoms with Crippen LogP contribution in [0.2, 0.25) is 0 Å². The maximum absolute atomic E-state index is 13.0. The van der Waals surface area contributed by atoms with Crippen molar-refractivity contribution in [2.24, 2.45) is 7.05 Å². The SMILES string of the molecule is Cc1nc(-c2cnn(C)c2)sc1C(=O)N(C)c1ccc(N2CCOCC2)nc1. The summed E-state index contributed by atoms with van der Waals surface area (Å²) in [4.78, 5) is 26.5. The topological polar surface area (TPSA) is 76.4 Å². The molecular formula is C19H22N6O2S. The van der Waals surface area contributed by atoms with Crippen molar-refractivity contribution in [2.75, 3.05) is 43.2 Å². The Balaban J connectivity index is 1.52. The second-order valence-corrected chi connectivity index (χ2v) is 7.67. The lowest BCUT2D eigenvalue weighted by Gasteiger charge is -2.28. The minimum Gasteiger partial charge on any atom is -0.378 e. The number of hydrogen-bond donors (Lipinski definition) is 0. The van der Waals surface area contributed by atoms with Crippen LogP contribution in [-0.2, 0) is 11.8 Å². The zero-order valence-electron chi connectivity index (χ0n) is 16.1. The second-order valence-electron chi connectivity index (χ2n) is 6.67. The van der Waals surface area contributed by atoms with Gasteiger partial charge in [-0.1, -0.05) is 0 Å². The quantitative estimate of drug-likeness (QED) is 0.672. The first-order valence-corrected chi connectivity index (χ1v) is 9.88. The van der Waals surface area contributed by atoms with E-state index in [2.05, 4.69) is 20.0 Å². The highest BCUT2D eigenvalue weighted by Gasteiger charge is 2.22. The van der Waals surface area contributed by atoms with Gasteiger partial charge in [-0.25, -0.2) is 9.97 Å². The van der Waals surface area contributed by atoms with Crippen molar-refractivity contribution in [2.45, 2.75) is 6.92 Å². The van der Waals surface area contributed by atoms with Gasteiger partial charge in [-0.3, -0.25) is 9.48 Å². The number of thiazole rings is 1. The molecule has 3 aromatic heterocycles. The van der Waals surface area contributed by atoms with E-state index in [0.717, 1.165) is 40.9 Å². The molecule has 1 saturated heterocycles. The zero-order chi connectivity index (χ0) is 19.7. The fourth-order valence-corrected chi connectivity index (χ4v) is 4.09. The van der Waals surface area contributed by atoms with Crippen molar-refractivity contribution in [1.82, 2.24) is 19.7 Å². The maximum Gasteiger partial charge on any atom is 0.270 e. The number of aromatic nitrogens is 4. The summed E-state index contributed by atoms with van der Waals surface area (Å²) in [5.74, 6) is 0.812. The number of nitrogens with zero attached hydrogens (tertiary/aromatic N) is 6.